The van der Waals surface area contributed by atoms with E-state index in [4.69, 9.17) is 4.74 Å². The van der Waals surface area contributed by atoms with E-state index >= 15 is 0 Å². The van der Waals surface area contributed by atoms with Crippen molar-refractivity contribution in [3.05, 3.63) is 60.2 Å². The molecule has 0 aliphatic carbocycles. The van der Waals surface area contributed by atoms with E-state index in [1.165, 1.54) is 4.90 Å². The maximum atomic E-state index is 12.7. The van der Waals surface area contributed by atoms with Gasteiger partial charge in [0.25, 0.3) is 0 Å². The topological polar surface area (TPSA) is 41.6 Å². The molecule has 1 amide bonds. The molecule has 5 heteroatoms. The number of nitrogens with one attached hydrogen (secondary N) is 1. The summed E-state index contributed by atoms with van der Waals surface area (Å²) in [5.74, 6) is 2.04. The Morgan fingerprint density at radius 1 is 1.14 bits per heavy atom. The third-order valence-electron chi connectivity index (χ3n) is 5.99. The van der Waals surface area contributed by atoms with Gasteiger partial charge in [-0.15, -0.1) is 11.8 Å². The van der Waals surface area contributed by atoms with Crippen molar-refractivity contribution in [2.75, 3.05) is 25.9 Å². The average molecular weight is 411 g/mol. The van der Waals surface area contributed by atoms with Crippen molar-refractivity contribution in [1.29, 1.82) is 0 Å². The Balaban J connectivity index is 1.34. The molecule has 2 aromatic carbocycles. The third-order valence-corrected chi connectivity index (χ3v) is 7.09. The molecule has 29 heavy (non-hydrogen) atoms. The van der Waals surface area contributed by atoms with Crippen molar-refractivity contribution in [3.8, 4) is 5.75 Å². The summed E-state index contributed by atoms with van der Waals surface area (Å²) in [6, 6.07) is 18.6. The number of likely N-dealkylation sites (tertiary alicyclic amines) is 1. The lowest BCUT2D eigenvalue weighted by atomic mass is 9.80. The average Bonchev–Trinajstić information content (AvgIpc) is 2.74. The van der Waals surface area contributed by atoms with Gasteiger partial charge in [-0.1, -0.05) is 36.4 Å². The second-order valence-electron chi connectivity index (χ2n) is 8.22. The molecule has 2 aromatic rings. The van der Waals surface area contributed by atoms with Crippen LogP contribution in [0.2, 0.25) is 0 Å². The van der Waals surface area contributed by atoms with Crippen LogP contribution >= 0.6 is 11.8 Å². The van der Waals surface area contributed by atoms with Crippen LogP contribution in [0.25, 0.3) is 0 Å². The van der Waals surface area contributed by atoms with Gasteiger partial charge < -0.3 is 15.0 Å². The van der Waals surface area contributed by atoms with Crippen molar-refractivity contribution in [2.45, 2.75) is 48.6 Å². The molecular weight excluding hydrogens is 380 g/mol. The Hall–Kier alpha value is -1.98. The van der Waals surface area contributed by atoms with Crippen LogP contribution in [0.1, 0.15) is 43.7 Å². The molecule has 0 radical (unpaired) electrons. The smallest absolute Gasteiger partial charge is 0.220 e. The SMILES string of the molecule is CN1CCC2(CC1)CC(NC(=O)CCCSc1ccccc1)c1ccccc1O2. The standard InChI is InChI=1S/C24H30N2O2S/c1-26-15-13-24(14-16-26)18-21(20-10-5-6-11-22(20)28-24)25-23(27)12-7-17-29-19-8-3-2-4-9-19/h2-6,8-11,21H,7,12-18H2,1H3,(H,25,27). The number of fused-ring (bicyclic) bond motifs is 1. The number of thioether (sulfide) groups is 1. The number of hydrogen-bond donors (Lipinski definition) is 1. The Kier molecular flexibility index (Phi) is 6.46. The molecule has 1 unspecified atom stereocenters. The number of ether oxygens (including phenoxy) is 1. The highest BCUT2D eigenvalue weighted by Crippen LogP contribution is 2.44. The molecule has 1 saturated heterocycles. The molecule has 1 atom stereocenters. The molecule has 0 bridgehead atoms. The van der Waals surface area contributed by atoms with E-state index in [0.29, 0.717) is 6.42 Å². The lowest BCUT2D eigenvalue weighted by molar-refractivity contribution is -0.122. The van der Waals surface area contributed by atoms with Gasteiger partial charge in [0.2, 0.25) is 5.91 Å². The Bertz CT molecular complexity index is 819. The lowest BCUT2D eigenvalue weighted by Gasteiger charge is -2.46. The molecule has 2 heterocycles. The van der Waals surface area contributed by atoms with E-state index in [2.05, 4.69) is 47.6 Å². The highest BCUT2D eigenvalue weighted by molar-refractivity contribution is 7.99. The number of carbonyl (C=O) groups excluding carboxylic acids is 1. The van der Waals surface area contributed by atoms with Gasteiger partial charge >= 0.3 is 0 Å². The van der Waals surface area contributed by atoms with Gasteiger partial charge in [0.1, 0.15) is 11.4 Å². The van der Waals surface area contributed by atoms with Gasteiger partial charge in [0.15, 0.2) is 0 Å². The zero-order chi connectivity index (χ0) is 20.1. The van der Waals surface area contributed by atoms with Crippen LogP contribution in [-0.2, 0) is 4.79 Å². The normalized spacial score (nSPS) is 20.7. The van der Waals surface area contributed by atoms with Crippen LogP contribution in [0.5, 0.6) is 5.75 Å². The van der Waals surface area contributed by atoms with Gasteiger partial charge in [-0.2, -0.15) is 0 Å². The van der Waals surface area contributed by atoms with Crippen LogP contribution in [0, 0.1) is 0 Å². The van der Waals surface area contributed by atoms with Crippen LogP contribution in [-0.4, -0.2) is 42.3 Å². The van der Waals surface area contributed by atoms with Gasteiger partial charge in [-0.25, -0.2) is 0 Å². The van der Waals surface area contributed by atoms with E-state index in [1.807, 2.05) is 36.0 Å². The molecule has 0 saturated carbocycles. The fraction of sp³-hybridized carbons (Fsp3) is 0.458. The van der Waals surface area contributed by atoms with Crippen LogP contribution in [0.4, 0.5) is 0 Å². The molecule has 154 valence electrons. The van der Waals surface area contributed by atoms with Crippen molar-refractivity contribution in [2.24, 2.45) is 0 Å². The highest BCUT2D eigenvalue weighted by Gasteiger charge is 2.43. The fourth-order valence-electron chi connectivity index (χ4n) is 4.29. The first-order chi connectivity index (χ1) is 14.1. The highest BCUT2D eigenvalue weighted by atomic mass is 32.2. The zero-order valence-corrected chi connectivity index (χ0v) is 17.9. The van der Waals surface area contributed by atoms with E-state index < -0.39 is 0 Å². The minimum absolute atomic E-state index is 0.0395. The molecular formula is C24H30N2O2S. The first-order valence-electron chi connectivity index (χ1n) is 10.6. The summed E-state index contributed by atoms with van der Waals surface area (Å²) in [4.78, 5) is 16.3. The summed E-state index contributed by atoms with van der Waals surface area (Å²) in [6.45, 7) is 2.08. The van der Waals surface area contributed by atoms with Crippen molar-refractivity contribution in [1.82, 2.24) is 10.2 Å². The molecule has 0 aromatic heterocycles. The number of rotatable bonds is 6. The second-order valence-corrected chi connectivity index (χ2v) is 9.38. The van der Waals surface area contributed by atoms with E-state index in [0.717, 1.165) is 55.8 Å². The Morgan fingerprint density at radius 3 is 2.66 bits per heavy atom. The van der Waals surface area contributed by atoms with Crippen molar-refractivity contribution < 1.29 is 9.53 Å². The lowest BCUT2D eigenvalue weighted by Crippen LogP contribution is -2.51. The predicted octanol–water partition coefficient (Wildman–Crippen LogP) is 4.66. The van der Waals surface area contributed by atoms with Gasteiger partial charge in [0.05, 0.1) is 6.04 Å². The Morgan fingerprint density at radius 2 is 1.86 bits per heavy atom. The summed E-state index contributed by atoms with van der Waals surface area (Å²) < 4.78 is 6.49. The molecule has 2 aliphatic rings. The summed E-state index contributed by atoms with van der Waals surface area (Å²) in [5.41, 5.74) is 0.964. The summed E-state index contributed by atoms with van der Waals surface area (Å²) in [6.07, 6.45) is 4.33. The minimum atomic E-state index is -0.151. The van der Waals surface area contributed by atoms with Crippen molar-refractivity contribution >= 4 is 17.7 Å². The molecule has 4 rings (SSSR count). The molecule has 4 nitrogen and oxygen atoms in total. The first-order valence-corrected chi connectivity index (χ1v) is 11.6. The number of piperidine rings is 1. The third kappa shape index (κ3) is 5.14. The zero-order valence-electron chi connectivity index (χ0n) is 17.1. The number of nitrogens with zero attached hydrogens (tertiary/aromatic N) is 1. The largest absolute Gasteiger partial charge is 0.487 e. The number of benzene rings is 2. The molecule has 1 fully saturated rings. The van der Waals surface area contributed by atoms with Crippen LogP contribution < -0.4 is 10.1 Å². The van der Waals surface area contributed by atoms with Gasteiger partial charge in [0, 0.05) is 36.4 Å². The minimum Gasteiger partial charge on any atom is -0.487 e. The number of amides is 1. The van der Waals surface area contributed by atoms with Gasteiger partial charge in [-0.05, 0) is 50.3 Å². The number of carbonyl (C=O) groups is 1. The second kappa shape index (κ2) is 9.23. The molecule has 1 N–H and O–H groups in total. The molecule has 2 aliphatic heterocycles. The molecule has 1 spiro atoms. The monoisotopic (exact) mass is 410 g/mol. The van der Waals surface area contributed by atoms with E-state index in [-0.39, 0.29) is 17.6 Å². The van der Waals surface area contributed by atoms with Crippen LogP contribution in [0.15, 0.2) is 59.5 Å². The van der Waals surface area contributed by atoms with Gasteiger partial charge in [-0.3, -0.25) is 4.79 Å². The van der Waals surface area contributed by atoms with Crippen molar-refractivity contribution in [3.63, 3.8) is 0 Å². The van der Waals surface area contributed by atoms with E-state index in [1.54, 1.807) is 0 Å². The summed E-state index contributed by atoms with van der Waals surface area (Å²) >= 11 is 1.81. The number of para-hydroxylation sites is 1. The Labute approximate surface area is 178 Å². The number of hydrogen-bond acceptors (Lipinski definition) is 4. The quantitative estimate of drug-likeness (QED) is 0.555. The summed E-state index contributed by atoms with van der Waals surface area (Å²) in [5, 5.41) is 3.31. The predicted molar refractivity (Wildman–Crippen MR) is 118 cm³/mol. The van der Waals surface area contributed by atoms with E-state index in [9.17, 15) is 4.79 Å². The fourth-order valence-corrected chi connectivity index (χ4v) is 5.16. The van der Waals surface area contributed by atoms with Crippen LogP contribution in [0.3, 0.4) is 0 Å². The maximum Gasteiger partial charge on any atom is 0.220 e. The first kappa shape index (κ1) is 20.3. The maximum absolute atomic E-state index is 12.7. The summed E-state index contributed by atoms with van der Waals surface area (Å²) in [7, 11) is 2.16.